The first-order valence-electron chi connectivity index (χ1n) is 5.91. The molecule has 0 bridgehead atoms. The fourth-order valence-electron chi connectivity index (χ4n) is 1.64. The standard InChI is InChI=1S/C15H17BrOS/c1-15(2,3)11-5-4-6-13(7-11)17-9-14-8-12(16)10-18-14/h4-8,10H,9H2,1-3H3. The predicted octanol–water partition coefficient (Wildman–Crippen LogP) is 5.39. The van der Waals surface area contributed by atoms with E-state index in [0.29, 0.717) is 6.61 Å². The second-order valence-corrected chi connectivity index (χ2v) is 7.21. The van der Waals surface area contributed by atoms with E-state index in [0.717, 1.165) is 10.2 Å². The molecule has 2 rings (SSSR count). The van der Waals surface area contributed by atoms with Crippen LogP contribution in [-0.4, -0.2) is 0 Å². The minimum atomic E-state index is 0.158. The summed E-state index contributed by atoms with van der Waals surface area (Å²) in [6.07, 6.45) is 0. The van der Waals surface area contributed by atoms with Crippen molar-refractivity contribution >= 4 is 27.3 Å². The molecule has 0 radical (unpaired) electrons. The van der Waals surface area contributed by atoms with Gasteiger partial charge in [-0.2, -0.15) is 0 Å². The van der Waals surface area contributed by atoms with Gasteiger partial charge in [0.2, 0.25) is 0 Å². The molecule has 1 aromatic carbocycles. The van der Waals surface area contributed by atoms with Gasteiger partial charge in [0.25, 0.3) is 0 Å². The molecule has 0 saturated heterocycles. The molecule has 3 heteroatoms. The molecular formula is C15H17BrOS. The van der Waals surface area contributed by atoms with Crippen molar-refractivity contribution in [3.8, 4) is 5.75 Å². The lowest BCUT2D eigenvalue weighted by Crippen LogP contribution is -2.10. The van der Waals surface area contributed by atoms with Gasteiger partial charge in [-0.3, -0.25) is 0 Å². The summed E-state index contributed by atoms with van der Waals surface area (Å²) in [5, 5.41) is 2.07. The second kappa shape index (κ2) is 5.45. The van der Waals surface area contributed by atoms with E-state index in [-0.39, 0.29) is 5.41 Å². The van der Waals surface area contributed by atoms with Crippen LogP contribution in [0.25, 0.3) is 0 Å². The molecular weight excluding hydrogens is 308 g/mol. The Bertz CT molecular complexity index is 525. The highest BCUT2D eigenvalue weighted by molar-refractivity contribution is 9.10. The summed E-state index contributed by atoms with van der Waals surface area (Å²) in [6, 6.07) is 10.4. The maximum Gasteiger partial charge on any atom is 0.122 e. The molecule has 0 spiro atoms. The first-order valence-corrected chi connectivity index (χ1v) is 7.59. The highest BCUT2D eigenvalue weighted by Gasteiger charge is 2.13. The molecule has 1 nitrogen and oxygen atoms in total. The average Bonchev–Trinajstić information content (AvgIpc) is 2.72. The number of hydrogen-bond acceptors (Lipinski definition) is 2. The molecule has 18 heavy (non-hydrogen) atoms. The highest BCUT2D eigenvalue weighted by atomic mass is 79.9. The smallest absolute Gasteiger partial charge is 0.122 e. The maximum atomic E-state index is 5.83. The van der Waals surface area contributed by atoms with Gasteiger partial charge in [0.1, 0.15) is 12.4 Å². The van der Waals surface area contributed by atoms with Crippen molar-refractivity contribution in [3.63, 3.8) is 0 Å². The number of benzene rings is 1. The van der Waals surface area contributed by atoms with Gasteiger partial charge in [-0.25, -0.2) is 0 Å². The first-order chi connectivity index (χ1) is 8.45. The van der Waals surface area contributed by atoms with Crippen LogP contribution in [0, 0.1) is 0 Å². The SMILES string of the molecule is CC(C)(C)c1cccc(OCc2cc(Br)cs2)c1. The van der Waals surface area contributed by atoms with Crippen molar-refractivity contribution in [2.75, 3.05) is 0 Å². The molecule has 0 N–H and O–H groups in total. The Labute approximate surface area is 121 Å². The fourth-order valence-corrected chi connectivity index (χ4v) is 3.00. The number of ether oxygens (including phenoxy) is 1. The summed E-state index contributed by atoms with van der Waals surface area (Å²) >= 11 is 5.16. The Kier molecular flexibility index (Phi) is 4.13. The summed E-state index contributed by atoms with van der Waals surface area (Å²) < 4.78 is 6.95. The lowest BCUT2D eigenvalue weighted by molar-refractivity contribution is 0.309. The summed E-state index contributed by atoms with van der Waals surface area (Å²) in [5.74, 6) is 0.937. The van der Waals surface area contributed by atoms with E-state index < -0.39 is 0 Å². The quantitative estimate of drug-likeness (QED) is 0.735. The highest BCUT2D eigenvalue weighted by Crippen LogP contribution is 2.27. The monoisotopic (exact) mass is 324 g/mol. The fraction of sp³-hybridized carbons (Fsp3) is 0.333. The minimum absolute atomic E-state index is 0.158. The molecule has 0 aliphatic rings. The third kappa shape index (κ3) is 3.59. The van der Waals surface area contributed by atoms with Crippen molar-refractivity contribution in [2.24, 2.45) is 0 Å². The summed E-state index contributed by atoms with van der Waals surface area (Å²) in [6.45, 7) is 7.26. The zero-order chi connectivity index (χ0) is 13.2. The topological polar surface area (TPSA) is 9.23 Å². The van der Waals surface area contributed by atoms with Gasteiger partial charge >= 0.3 is 0 Å². The van der Waals surface area contributed by atoms with E-state index >= 15 is 0 Å². The Morgan fingerprint density at radius 1 is 1.22 bits per heavy atom. The van der Waals surface area contributed by atoms with Gasteiger partial charge in [-0.1, -0.05) is 32.9 Å². The van der Waals surface area contributed by atoms with Gasteiger partial charge in [0.05, 0.1) is 0 Å². The van der Waals surface area contributed by atoms with Crippen LogP contribution in [0.1, 0.15) is 31.2 Å². The van der Waals surface area contributed by atoms with Crippen LogP contribution >= 0.6 is 27.3 Å². The van der Waals surface area contributed by atoms with Crippen LogP contribution in [0.5, 0.6) is 5.75 Å². The van der Waals surface area contributed by atoms with Crippen LogP contribution in [-0.2, 0) is 12.0 Å². The predicted molar refractivity (Wildman–Crippen MR) is 81.5 cm³/mol. The third-order valence-electron chi connectivity index (χ3n) is 2.70. The zero-order valence-corrected chi connectivity index (χ0v) is 13.3. The Morgan fingerprint density at radius 3 is 2.61 bits per heavy atom. The molecule has 0 saturated carbocycles. The molecule has 0 fully saturated rings. The normalized spacial score (nSPS) is 11.6. The van der Waals surface area contributed by atoms with Crippen molar-refractivity contribution in [1.82, 2.24) is 0 Å². The average molecular weight is 325 g/mol. The van der Waals surface area contributed by atoms with Crippen LogP contribution in [0.4, 0.5) is 0 Å². The van der Waals surface area contributed by atoms with E-state index in [1.807, 2.05) is 6.07 Å². The maximum absolute atomic E-state index is 5.83. The van der Waals surface area contributed by atoms with Gasteiger partial charge in [-0.05, 0) is 45.1 Å². The lowest BCUT2D eigenvalue weighted by Gasteiger charge is -2.19. The first kappa shape index (κ1) is 13.6. The lowest BCUT2D eigenvalue weighted by atomic mass is 9.87. The summed E-state index contributed by atoms with van der Waals surface area (Å²) in [5.41, 5.74) is 1.46. The van der Waals surface area contributed by atoms with Crippen LogP contribution < -0.4 is 4.74 Å². The zero-order valence-electron chi connectivity index (χ0n) is 10.9. The minimum Gasteiger partial charge on any atom is -0.488 e. The molecule has 1 aromatic heterocycles. The number of rotatable bonds is 3. The van der Waals surface area contributed by atoms with Gasteiger partial charge in [-0.15, -0.1) is 11.3 Å². The number of thiophene rings is 1. The van der Waals surface area contributed by atoms with Gasteiger partial charge in [0.15, 0.2) is 0 Å². The molecule has 1 heterocycles. The Morgan fingerprint density at radius 2 is 2.00 bits per heavy atom. The third-order valence-corrected chi connectivity index (χ3v) is 4.37. The van der Waals surface area contributed by atoms with Gasteiger partial charge < -0.3 is 4.74 Å². The Balaban J connectivity index is 2.06. The van der Waals surface area contributed by atoms with Crippen molar-refractivity contribution < 1.29 is 4.74 Å². The van der Waals surface area contributed by atoms with Crippen molar-refractivity contribution in [1.29, 1.82) is 0 Å². The molecule has 0 aliphatic carbocycles. The second-order valence-electron chi connectivity index (χ2n) is 5.30. The molecule has 0 aliphatic heterocycles. The van der Waals surface area contributed by atoms with Crippen LogP contribution in [0.2, 0.25) is 0 Å². The largest absolute Gasteiger partial charge is 0.488 e. The summed E-state index contributed by atoms with van der Waals surface area (Å²) in [4.78, 5) is 1.23. The van der Waals surface area contributed by atoms with E-state index in [4.69, 9.17) is 4.74 Å². The van der Waals surface area contributed by atoms with E-state index in [1.54, 1.807) is 11.3 Å². The molecule has 0 atom stereocenters. The van der Waals surface area contributed by atoms with Crippen LogP contribution in [0.15, 0.2) is 40.2 Å². The Hall–Kier alpha value is -0.800. The van der Waals surface area contributed by atoms with Gasteiger partial charge in [0, 0.05) is 14.7 Å². The van der Waals surface area contributed by atoms with Crippen molar-refractivity contribution in [2.45, 2.75) is 32.8 Å². The number of hydrogen-bond donors (Lipinski definition) is 0. The molecule has 2 aromatic rings. The number of halogens is 1. The van der Waals surface area contributed by atoms with E-state index in [2.05, 4.69) is 66.3 Å². The molecule has 0 amide bonds. The summed E-state index contributed by atoms with van der Waals surface area (Å²) in [7, 11) is 0. The van der Waals surface area contributed by atoms with E-state index in [1.165, 1.54) is 10.4 Å². The van der Waals surface area contributed by atoms with E-state index in [9.17, 15) is 0 Å². The van der Waals surface area contributed by atoms with Crippen LogP contribution in [0.3, 0.4) is 0 Å². The molecule has 0 unspecified atom stereocenters. The molecule has 96 valence electrons. The van der Waals surface area contributed by atoms with Crippen molar-refractivity contribution in [3.05, 3.63) is 50.6 Å².